The van der Waals surface area contributed by atoms with Crippen molar-refractivity contribution in [1.82, 2.24) is 0 Å². The van der Waals surface area contributed by atoms with Crippen LogP contribution in [-0.2, 0) is 10.4 Å². The molecule has 0 saturated heterocycles. The molecule has 0 atom stereocenters. The molecular weight excluding hydrogens is 168 g/mol. The molecule has 1 aromatic carbocycles. The average Bonchev–Trinajstić information content (AvgIpc) is 2.04. The van der Waals surface area contributed by atoms with E-state index in [4.69, 9.17) is 0 Å². The van der Waals surface area contributed by atoms with Crippen LogP contribution in [0.4, 0.5) is 0 Å². The highest BCUT2D eigenvalue weighted by Gasteiger charge is 2.14. The normalized spacial score (nSPS) is 11.0. The van der Waals surface area contributed by atoms with Gasteiger partial charge in [-0.3, -0.25) is 4.79 Å². The summed E-state index contributed by atoms with van der Waals surface area (Å²) in [5.41, 5.74) is -0.0783. The van der Waals surface area contributed by atoms with Gasteiger partial charge in [0.05, 0.1) is 5.60 Å². The van der Waals surface area contributed by atoms with E-state index in [0.29, 0.717) is 12.2 Å². The van der Waals surface area contributed by atoms with Crippen LogP contribution in [-0.4, -0.2) is 11.6 Å². The lowest BCUT2D eigenvalue weighted by Crippen LogP contribution is -2.14. The number of hydrogen-bond donors (Lipinski definition) is 1. The lowest BCUT2D eigenvalue weighted by Gasteiger charge is -2.17. The fourth-order valence-electron chi connectivity index (χ4n) is 0.997. The quantitative estimate of drug-likeness (QED) is 0.716. The molecule has 3 nitrogen and oxygen atoms in total. The molecule has 13 heavy (non-hydrogen) atoms. The van der Waals surface area contributed by atoms with Gasteiger partial charge in [-0.2, -0.15) is 0 Å². The highest BCUT2D eigenvalue weighted by atomic mass is 16.5. The van der Waals surface area contributed by atoms with E-state index < -0.39 is 5.60 Å². The molecule has 0 aliphatic rings. The van der Waals surface area contributed by atoms with Crippen molar-refractivity contribution in [3.05, 3.63) is 29.8 Å². The summed E-state index contributed by atoms with van der Waals surface area (Å²) in [5.74, 6) is 0.475. The number of rotatable bonds is 3. The Balaban J connectivity index is 2.87. The highest BCUT2D eigenvalue weighted by molar-refractivity contribution is 5.45. The van der Waals surface area contributed by atoms with Gasteiger partial charge in [0.2, 0.25) is 0 Å². The van der Waals surface area contributed by atoms with Gasteiger partial charge in [-0.15, -0.1) is 0 Å². The Bertz CT molecular complexity index is 282. The maximum absolute atomic E-state index is 9.98. The number of carbonyl (C=O) groups excluding carboxylic acids is 1. The average molecular weight is 180 g/mol. The van der Waals surface area contributed by atoms with Crippen LogP contribution in [0.25, 0.3) is 0 Å². The van der Waals surface area contributed by atoms with E-state index >= 15 is 0 Å². The summed E-state index contributed by atoms with van der Waals surface area (Å²) in [6, 6.07) is 6.72. The Morgan fingerprint density at radius 2 is 1.85 bits per heavy atom. The second kappa shape index (κ2) is 3.58. The Morgan fingerprint density at radius 3 is 2.23 bits per heavy atom. The highest BCUT2D eigenvalue weighted by Crippen LogP contribution is 2.21. The first kappa shape index (κ1) is 9.74. The third kappa shape index (κ3) is 2.56. The summed E-state index contributed by atoms with van der Waals surface area (Å²) in [6.07, 6.45) is 0. The van der Waals surface area contributed by atoms with Crippen LogP contribution in [0, 0.1) is 0 Å². The fraction of sp³-hybridized carbons (Fsp3) is 0.300. The van der Waals surface area contributed by atoms with Crippen molar-refractivity contribution in [2.24, 2.45) is 0 Å². The van der Waals surface area contributed by atoms with Crippen LogP contribution >= 0.6 is 0 Å². The summed E-state index contributed by atoms with van der Waals surface area (Å²) in [7, 11) is 0. The molecule has 0 radical (unpaired) electrons. The Labute approximate surface area is 77.0 Å². The molecule has 0 aliphatic carbocycles. The Hall–Kier alpha value is -1.35. The van der Waals surface area contributed by atoms with Crippen LogP contribution in [0.5, 0.6) is 5.75 Å². The van der Waals surface area contributed by atoms with E-state index in [1.165, 1.54) is 0 Å². The van der Waals surface area contributed by atoms with E-state index in [1.54, 1.807) is 38.1 Å². The van der Waals surface area contributed by atoms with Crippen molar-refractivity contribution >= 4 is 6.47 Å². The zero-order chi connectivity index (χ0) is 9.90. The van der Waals surface area contributed by atoms with Crippen LogP contribution in [0.2, 0.25) is 0 Å². The van der Waals surface area contributed by atoms with Gasteiger partial charge in [-0.1, -0.05) is 12.1 Å². The monoisotopic (exact) mass is 180 g/mol. The van der Waals surface area contributed by atoms with E-state index in [1.807, 2.05) is 0 Å². The standard InChI is InChI=1S/C10H12O3/c1-10(2,12)8-3-5-9(6-4-8)13-7-11/h3-7,12H,1-2H3. The molecular formula is C10H12O3. The molecule has 0 saturated carbocycles. The second-order valence-electron chi connectivity index (χ2n) is 3.30. The lowest BCUT2D eigenvalue weighted by atomic mass is 9.99. The topological polar surface area (TPSA) is 46.5 Å². The van der Waals surface area contributed by atoms with Crippen molar-refractivity contribution in [2.75, 3.05) is 0 Å². The summed E-state index contributed by atoms with van der Waals surface area (Å²) < 4.78 is 4.61. The number of hydrogen-bond acceptors (Lipinski definition) is 3. The molecule has 0 amide bonds. The van der Waals surface area contributed by atoms with Gasteiger partial charge in [0.25, 0.3) is 6.47 Å². The van der Waals surface area contributed by atoms with Gasteiger partial charge in [-0.05, 0) is 31.5 Å². The summed E-state index contributed by atoms with van der Waals surface area (Å²) >= 11 is 0. The first-order chi connectivity index (χ1) is 6.04. The zero-order valence-corrected chi connectivity index (χ0v) is 7.65. The molecule has 70 valence electrons. The largest absolute Gasteiger partial charge is 0.429 e. The van der Waals surface area contributed by atoms with Crippen molar-refractivity contribution in [3.63, 3.8) is 0 Å². The van der Waals surface area contributed by atoms with Gasteiger partial charge in [0.15, 0.2) is 0 Å². The SMILES string of the molecule is CC(C)(O)c1ccc(OC=O)cc1. The molecule has 1 aromatic rings. The minimum absolute atomic E-state index is 0.374. The maximum Gasteiger partial charge on any atom is 0.298 e. The van der Waals surface area contributed by atoms with Gasteiger partial charge >= 0.3 is 0 Å². The van der Waals surface area contributed by atoms with E-state index in [9.17, 15) is 9.90 Å². The molecule has 0 spiro atoms. The van der Waals surface area contributed by atoms with Gasteiger partial charge < -0.3 is 9.84 Å². The molecule has 0 heterocycles. The second-order valence-corrected chi connectivity index (χ2v) is 3.30. The molecule has 0 unspecified atom stereocenters. The first-order valence-corrected chi connectivity index (χ1v) is 3.97. The summed E-state index contributed by atoms with van der Waals surface area (Å²) in [6.45, 7) is 3.77. The van der Waals surface area contributed by atoms with Crippen LogP contribution < -0.4 is 4.74 Å². The van der Waals surface area contributed by atoms with Crippen LogP contribution in [0.3, 0.4) is 0 Å². The zero-order valence-electron chi connectivity index (χ0n) is 7.65. The van der Waals surface area contributed by atoms with E-state index in [2.05, 4.69) is 4.74 Å². The van der Waals surface area contributed by atoms with Gasteiger partial charge in [-0.25, -0.2) is 0 Å². The molecule has 1 rings (SSSR count). The minimum Gasteiger partial charge on any atom is -0.429 e. The van der Waals surface area contributed by atoms with Crippen molar-refractivity contribution in [3.8, 4) is 5.75 Å². The predicted molar refractivity (Wildman–Crippen MR) is 48.4 cm³/mol. The molecule has 0 aliphatic heterocycles. The number of carbonyl (C=O) groups is 1. The Morgan fingerprint density at radius 1 is 1.31 bits per heavy atom. The predicted octanol–water partition coefficient (Wildman–Crippen LogP) is 1.45. The van der Waals surface area contributed by atoms with Crippen molar-refractivity contribution < 1.29 is 14.6 Å². The minimum atomic E-state index is -0.861. The van der Waals surface area contributed by atoms with Crippen LogP contribution in [0.15, 0.2) is 24.3 Å². The molecule has 0 bridgehead atoms. The van der Waals surface area contributed by atoms with Gasteiger partial charge in [0.1, 0.15) is 5.75 Å². The smallest absolute Gasteiger partial charge is 0.298 e. The summed E-state index contributed by atoms with van der Waals surface area (Å²) in [5, 5.41) is 9.60. The van der Waals surface area contributed by atoms with Crippen molar-refractivity contribution in [1.29, 1.82) is 0 Å². The molecule has 0 aromatic heterocycles. The van der Waals surface area contributed by atoms with Crippen molar-refractivity contribution in [2.45, 2.75) is 19.4 Å². The van der Waals surface area contributed by atoms with Gasteiger partial charge in [0, 0.05) is 0 Å². The van der Waals surface area contributed by atoms with Crippen LogP contribution in [0.1, 0.15) is 19.4 Å². The number of ether oxygens (including phenoxy) is 1. The fourth-order valence-corrected chi connectivity index (χ4v) is 0.997. The third-order valence-corrected chi connectivity index (χ3v) is 1.74. The van der Waals surface area contributed by atoms with E-state index in [0.717, 1.165) is 5.56 Å². The maximum atomic E-state index is 9.98. The lowest BCUT2D eigenvalue weighted by molar-refractivity contribution is -0.120. The molecule has 1 N–H and O–H groups in total. The molecule has 3 heteroatoms. The third-order valence-electron chi connectivity index (χ3n) is 1.74. The first-order valence-electron chi connectivity index (χ1n) is 3.97. The molecule has 0 fully saturated rings. The Kier molecular flexibility index (Phi) is 2.68. The number of benzene rings is 1. The summed E-state index contributed by atoms with van der Waals surface area (Å²) in [4.78, 5) is 9.98. The number of aliphatic hydroxyl groups is 1. The van der Waals surface area contributed by atoms with E-state index in [-0.39, 0.29) is 0 Å².